The summed E-state index contributed by atoms with van der Waals surface area (Å²) in [6.07, 6.45) is 7.17. The van der Waals surface area contributed by atoms with Gasteiger partial charge in [-0.1, -0.05) is 65.5 Å². The number of fused-ring (bicyclic) bond motifs is 1. The molecule has 0 aromatic heterocycles. The molecular formula is C35H49FN2O4. The third-order valence-corrected chi connectivity index (χ3v) is 9.24. The van der Waals surface area contributed by atoms with Gasteiger partial charge in [0.15, 0.2) is 0 Å². The Morgan fingerprint density at radius 2 is 1.79 bits per heavy atom. The number of amides is 1. The zero-order valence-electron chi connectivity index (χ0n) is 26.1. The first-order chi connectivity index (χ1) is 20.2. The topological polar surface area (TPSA) is 70.1 Å². The molecule has 2 aromatic rings. The Hall–Kier alpha value is -2.93. The van der Waals surface area contributed by atoms with Crippen molar-refractivity contribution in [3.63, 3.8) is 0 Å². The fraction of sp³-hybridized carbons (Fsp3) is 0.600. The molecule has 4 atom stereocenters. The Morgan fingerprint density at radius 3 is 2.43 bits per heavy atom. The van der Waals surface area contributed by atoms with E-state index >= 15 is 0 Å². The van der Waals surface area contributed by atoms with Gasteiger partial charge in [-0.05, 0) is 73.1 Å². The number of carboxylic acid groups (broad SMARTS) is 1. The number of nitrogens with zero attached hydrogens (tertiary/aromatic N) is 2. The number of carboxylic acids is 1. The lowest BCUT2D eigenvalue weighted by Gasteiger charge is -2.35. The molecule has 1 fully saturated rings. The van der Waals surface area contributed by atoms with E-state index in [1.165, 1.54) is 6.07 Å². The average Bonchev–Trinajstić information content (AvgIpc) is 3.55. The van der Waals surface area contributed by atoms with Gasteiger partial charge in [-0.15, -0.1) is 0 Å². The summed E-state index contributed by atoms with van der Waals surface area (Å²) in [7, 11) is 0. The van der Waals surface area contributed by atoms with Crippen molar-refractivity contribution in [1.29, 1.82) is 0 Å². The molecule has 2 unspecified atom stereocenters. The molecule has 0 spiro atoms. The normalized spacial score (nSPS) is 20.9. The number of aryl methyl sites for hydroxylation is 1. The molecule has 1 amide bonds. The molecule has 4 rings (SSSR count). The predicted octanol–water partition coefficient (Wildman–Crippen LogP) is 7.37. The van der Waals surface area contributed by atoms with E-state index in [0.29, 0.717) is 30.3 Å². The van der Waals surface area contributed by atoms with E-state index in [1.54, 1.807) is 19.1 Å². The number of carbonyl (C=O) groups excluding carboxylic acids is 1. The van der Waals surface area contributed by atoms with Crippen molar-refractivity contribution in [2.75, 3.05) is 24.6 Å². The number of hydrogen-bond acceptors (Lipinski definition) is 4. The van der Waals surface area contributed by atoms with Crippen LogP contribution in [0.25, 0.3) is 0 Å². The zero-order chi connectivity index (χ0) is 30.4. The molecule has 1 saturated heterocycles. The number of rotatable bonds is 14. The highest BCUT2D eigenvalue weighted by molar-refractivity contribution is 5.95. The summed E-state index contributed by atoms with van der Waals surface area (Å²) in [6.45, 7) is 11.6. The van der Waals surface area contributed by atoms with Crippen LogP contribution in [0.5, 0.6) is 5.75 Å². The van der Waals surface area contributed by atoms with Gasteiger partial charge in [0, 0.05) is 36.7 Å². The molecular weight excluding hydrogens is 531 g/mol. The van der Waals surface area contributed by atoms with Crippen molar-refractivity contribution >= 4 is 17.6 Å². The summed E-state index contributed by atoms with van der Waals surface area (Å²) in [6, 6.07) is 10.8. The second kappa shape index (κ2) is 14.5. The average molecular weight is 581 g/mol. The largest absolute Gasteiger partial charge is 0.493 e. The summed E-state index contributed by atoms with van der Waals surface area (Å²) in [5.74, 6) is -0.744. The minimum Gasteiger partial charge on any atom is -0.493 e. The second-order valence-corrected chi connectivity index (χ2v) is 12.5. The van der Waals surface area contributed by atoms with Crippen LogP contribution in [-0.4, -0.2) is 53.7 Å². The highest BCUT2D eigenvalue weighted by Gasteiger charge is 2.48. The minimum atomic E-state index is -0.804. The van der Waals surface area contributed by atoms with Crippen LogP contribution in [0.3, 0.4) is 0 Å². The van der Waals surface area contributed by atoms with Gasteiger partial charge >= 0.3 is 5.97 Å². The van der Waals surface area contributed by atoms with Crippen LogP contribution in [0.1, 0.15) is 95.2 Å². The van der Waals surface area contributed by atoms with Gasteiger partial charge in [-0.2, -0.15) is 0 Å². The first kappa shape index (κ1) is 32.0. The SMILES string of the molecule is CCCC(C)C[C@H]1C(C(=O)O)[C@@H](c2ccc3c(c2)CCO3)CN1CC(=O)N(c1ccc(F)c(C)c1)C(CCC)CCC. The lowest BCUT2D eigenvalue weighted by molar-refractivity contribution is -0.143. The van der Waals surface area contributed by atoms with E-state index < -0.39 is 11.9 Å². The first-order valence-electron chi connectivity index (χ1n) is 16.0. The summed E-state index contributed by atoms with van der Waals surface area (Å²) >= 11 is 0. The third kappa shape index (κ3) is 7.16. The van der Waals surface area contributed by atoms with Crippen molar-refractivity contribution in [2.24, 2.45) is 11.8 Å². The molecule has 6 nitrogen and oxygen atoms in total. The van der Waals surface area contributed by atoms with Crippen LogP contribution in [0, 0.1) is 24.6 Å². The fourth-order valence-corrected chi connectivity index (χ4v) is 7.24. The van der Waals surface area contributed by atoms with Gasteiger partial charge in [0.1, 0.15) is 11.6 Å². The first-order valence-corrected chi connectivity index (χ1v) is 16.0. The number of carbonyl (C=O) groups is 2. The van der Waals surface area contributed by atoms with Crippen molar-refractivity contribution in [3.05, 3.63) is 58.9 Å². The Labute approximate surface area is 251 Å². The number of benzene rings is 2. The number of likely N-dealkylation sites (tertiary alicyclic amines) is 1. The van der Waals surface area contributed by atoms with E-state index in [2.05, 4.69) is 38.7 Å². The molecule has 2 heterocycles. The van der Waals surface area contributed by atoms with Gasteiger partial charge in [-0.25, -0.2) is 4.39 Å². The summed E-state index contributed by atoms with van der Waals surface area (Å²) in [4.78, 5) is 31.3. The predicted molar refractivity (Wildman–Crippen MR) is 166 cm³/mol. The Balaban J connectivity index is 1.70. The molecule has 1 N–H and O–H groups in total. The molecule has 0 saturated carbocycles. The van der Waals surface area contributed by atoms with Crippen LogP contribution in [-0.2, 0) is 16.0 Å². The number of anilines is 1. The van der Waals surface area contributed by atoms with Gasteiger partial charge in [0.25, 0.3) is 0 Å². The molecule has 7 heteroatoms. The Kier molecular flexibility index (Phi) is 11.0. The third-order valence-electron chi connectivity index (χ3n) is 9.24. The lowest BCUT2D eigenvalue weighted by atomic mass is 9.81. The summed E-state index contributed by atoms with van der Waals surface area (Å²) in [5, 5.41) is 10.6. The van der Waals surface area contributed by atoms with E-state index in [-0.39, 0.29) is 36.3 Å². The molecule has 2 aliphatic rings. The number of aliphatic carboxylic acids is 1. The highest BCUT2D eigenvalue weighted by atomic mass is 19.1. The highest BCUT2D eigenvalue weighted by Crippen LogP contribution is 2.42. The lowest BCUT2D eigenvalue weighted by Crippen LogP contribution is -2.48. The molecule has 0 aliphatic carbocycles. The van der Waals surface area contributed by atoms with E-state index in [9.17, 15) is 19.1 Å². The molecule has 230 valence electrons. The molecule has 42 heavy (non-hydrogen) atoms. The zero-order valence-corrected chi connectivity index (χ0v) is 26.1. The van der Waals surface area contributed by atoms with Crippen LogP contribution in [0.2, 0.25) is 0 Å². The molecule has 0 radical (unpaired) electrons. The van der Waals surface area contributed by atoms with Crippen LogP contribution >= 0.6 is 0 Å². The monoisotopic (exact) mass is 580 g/mol. The van der Waals surface area contributed by atoms with E-state index in [4.69, 9.17) is 4.74 Å². The van der Waals surface area contributed by atoms with Crippen molar-refractivity contribution in [3.8, 4) is 5.75 Å². The van der Waals surface area contributed by atoms with Crippen molar-refractivity contribution in [2.45, 2.75) is 104 Å². The quantitative estimate of drug-likeness (QED) is 0.253. The van der Waals surface area contributed by atoms with Gasteiger partial charge in [0.05, 0.1) is 19.1 Å². The van der Waals surface area contributed by atoms with E-state index in [1.807, 2.05) is 17.0 Å². The minimum absolute atomic E-state index is 0.000192. The van der Waals surface area contributed by atoms with Crippen LogP contribution < -0.4 is 9.64 Å². The van der Waals surface area contributed by atoms with Crippen molar-refractivity contribution in [1.82, 2.24) is 4.90 Å². The maximum atomic E-state index is 14.3. The van der Waals surface area contributed by atoms with Gasteiger partial charge in [0.2, 0.25) is 5.91 Å². The van der Waals surface area contributed by atoms with Gasteiger partial charge in [-0.3, -0.25) is 14.5 Å². The number of ether oxygens (including phenoxy) is 1. The Bertz CT molecular complexity index is 1230. The number of hydrogen-bond donors (Lipinski definition) is 1. The van der Waals surface area contributed by atoms with Crippen LogP contribution in [0.15, 0.2) is 36.4 Å². The number of halogens is 1. The molecule has 2 aromatic carbocycles. The molecule has 2 aliphatic heterocycles. The van der Waals surface area contributed by atoms with Gasteiger partial charge < -0.3 is 14.7 Å². The molecule has 0 bridgehead atoms. The smallest absolute Gasteiger partial charge is 0.308 e. The summed E-state index contributed by atoms with van der Waals surface area (Å²) in [5.41, 5.74) is 3.36. The maximum absolute atomic E-state index is 14.3. The summed E-state index contributed by atoms with van der Waals surface area (Å²) < 4.78 is 20.0. The standard InChI is InChI=1S/C35H49FN2O4/c1-6-9-23(4)18-31-34(35(40)41)29(25-12-15-32-26(20-25)16-17-42-32)21-37(31)22-33(39)38(27(10-7-2)11-8-3)28-13-14-30(36)24(5)19-28/h12-15,19-20,23,27,29,31,34H,6-11,16-18,21-22H2,1-5H3,(H,40,41)/t23?,29-,31+,34?/m1/s1. The van der Waals surface area contributed by atoms with E-state index in [0.717, 1.165) is 68.2 Å². The maximum Gasteiger partial charge on any atom is 0.308 e. The van der Waals surface area contributed by atoms with Crippen molar-refractivity contribution < 1.29 is 23.8 Å². The fourth-order valence-electron chi connectivity index (χ4n) is 7.24. The van der Waals surface area contributed by atoms with Crippen LogP contribution in [0.4, 0.5) is 10.1 Å². The second-order valence-electron chi connectivity index (χ2n) is 12.5. The Morgan fingerprint density at radius 1 is 1.07 bits per heavy atom.